The lowest BCUT2D eigenvalue weighted by Gasteiger charge is -2.41. The molecule has 1 aromatic rings. The Kier molecular flexibility index (Phi) is 4.49. The van der Waals surface area contributed by atoms with Crippen LogP contribution in [0.4, 0.5) is 5.69 Å². The van der Waals surface area contributed by atoms with Crippen molar-refractivity contribution >= 4 is 11.7 Å². The molecule has 1 aliphatic carbocycles. The van der Waals surface area contributed by atoms with Crippen LogP contribution in [0.1, 0.15) is 25.7 Å². The molecule has 0 aromatic heterocycles. The van der Waals surface area contributed by atoms with Crippen LogP contribution in [0.5, 0.6) is 5.75 Å². The molecule has 110 valence electrons. The van der Waals surface area contributed by atoms with Crippen molar-refractivity contribution in [3.63, 3.8) is 0 Å². The van der Waals surface area contributed by atoms with Gasteiger partial charge >= 0.3 is 5.97 Å². The van der Waals surface area contributed by atoms with E-state index in [2.05, 4.69) is 5.32 Å². The number of aliphatic carboxylic acids is 1. The van der Waals surface area contributed by atoms with Gasteiger partial charge in [-0.15, -0.1) is 0 Å². The SMILES string of the molecule is COc1cccc(NC2(C(=O)O)CCCCC2OC)c1. The fraction of sp³-hybridized carbons (Fsp3) is 0.533. The van der Waals surface area contributed by atoms with Crippen molar-refractivity contribution in [2.45, 2.75) is 37.3 Å². The number of ether oxygens (including phenoxy) is 2. The van der Waals surface area contributed by atoms with Gasteiger partial charge in [0.2, 0.25) is 0 Å². The minimum absolute atomic E-state index is 0.333. The first-order chi connectivity index (χ1) is 9.62. The van der Waals surface area contributed by atoms with Crippen molar-refractivity contribution in [2.24, 2.45) is 0 Å². The van der Waals surface area contributed by atoms with E-state index in [1.165, 1.54) is 0 Å². The predicted molar refractivity (Wildman–Crippen MR) is 76.2 cm³/mol. The van der Waals surface area contributed by atoms with Crippen LogP contribution in [-0.2, 0) is 9.53 Å². The Morgan fingerprint density at radius 3 is 2.85 bits per heavy atom. The first kappa shape index (κ1) is 14.7. The fourth-order valence-electron chi connectivity index (χ4n) is 2.86. The standard InChI is InChI=1S/C15H21NO4/c1-19-12-7-5-6-11(10-12)16-15(14(17)18)9-4-3-8-13(15)20-2/h5-7,10,13,16H,3-4,8-9H2,1-2H3,(H,17,18). The second-order valence-corrected chi connectivity index (χ2v) is 5.10. The second-order valence-electron chi connectivity index (χ2n) is 5.10. The molecule has 0 saturated heterocycles. The Bertz CT molecular complexity index is 477. The maximum absolute atomic E-state index is 11.8. The van der Waals surface area contributed by atoms with E-state index in [1.54, 1.807) is 20.3 Å². The molecule has 2 atom stereocenters. The van der Waals surface area contributed by atoms with Crippen molar-refractivity contribution in [1.82, 2.24) is 0 Å². The zero-order chi connectivity index (χ0) is 14.6. The van der Waals surface area contributed by atoms with Gasteiger partial charge in [0.15, 0.2) is 5.54 Å². The molecule has 20 heavy (non-hydrogen) atoms. The number of methoxy groups -OCH3 is 2. The normalized spacial score (nSPS) is 26.0. The molecule has 1 aromatic carbocycles. The first-order valence-electron chi connectivity index (χ1n) is 6.81. The molecular formula is C15H21NO4. The summed E-state index contributed by atoms with van der Waals surface area (Å²) in [5, 5.41) is 12.9. The lowest BCUT2D eigenvalue weighted by Crippen LogP contribution is -2.58. The van der Waals surface area contributed by atoms with Crippen LogP contribution in [0, 0.1) is 0 Å². The van der Waals surface area contributed by atoms with Crippen LogP contribution in [0.2, 0.25) is 0 Å². The third kappa shape index (κ3) is 2.72. The highest BCUT2D eigenvalue weighted by Crippen LogP contribution is 2.34. The number of rotatable bonds is 5. The predicted octanol–water partition coefficient (Wildman–Crippen LogP) is 2.52. The van der Waals surface area contributed by atoms with Gasteiger partial charge in [-0.2, -0.15) is 0 Å². The Morgan fingerprint density at radius 2 is 2.20 bits per heavy atom. The molecule has 0 spiro atoms. The number of anilines is 1. The smallest absolute Gasteiger partial charge is 0.332 e. The van der Waals surface area contributed by atoms with E-state index in [0.29, 0.717) is 12.2 Å². The minimum Gasteiger partial charge on any atom is -0.497 e. The van der Waals surface area contributed by atoms with Gasteiger partial charge in [-0.3, -0.25) is 0 Å². The summed E-state index contributed by atoms with van der Waals surface area (Å²) >= 11 is 0. The Balaban J connectivity index is 2.30. The molecule has 2 unspecified atom stereocenters. The topological polar surface area (TPSA) is 67.8 Å². The third-order valence-electron chi connectivity index (χ3n) is 3.94. The molecule has 0 amide bonds. The van der Waals surface area contributed by atoms with Gasteiger partial charge in [0.25, 0.3) is 0 Å². The average molecular weight is 279 g/mol. The van der Waals surface area contributed by atoms with Crippen molar-refractivity contribution in [2.75, 3.05) is 19.5 Å². The number of carboxylic acids is 1. The van der Waals surface area contributed by atoms with Gasteiger partial charge in [0, 0.05) is 18.9 Å². The van der Waals surface area contributed by atoms with E-state index < -0.39 is 11.5 Å². The lowest BCUT2D eigenvalue weighted by molar-refractivity contribution is -0.149. The summed E-state index contributed by atoms with van der Waals surface area (Å²) in [5.74, 6) is -0.174. The van der Waals surface area contributed by atoms with Gasteiger partial charge in [-0.25, -0.2) is 4.79 Å². The fourth-order valence-corrected chi connectivity index (χ4v) is 2.86. The Morgan fingerprint density at radius 1 is 1.40 bits per heavy atom. The van der Waals surface area contributed by atoms with Crippen LogP contribution in [0.25, 0.3) is 0 Å². The number of nitrogens with one attached hydrogen (secondary N) is 1. The highest BCUT2D eigenvalue weighted by Gasteiger charge is 2.48. The zero-order valence-corrected chi connectivity index (χ0v) is 11.9. The van der Waals surface area contributed by atoms with Crippen LogP contribution in [0.15, 0.2) is 24.3 Å². The van der Waals surface area contributed by atoms with Gasteiger partial charge in [0.1, 0.15) is 5.75 Å². The summed E-state index contributed by atoms with van der Waals surface area (Å²) in [7, 11) is 3.16. The average Bonchev–Trinajstić information content (AvgIpc) is 2.47. The van der Waals surface area contributed by atoms with Crippen molar-refractivity contribution in [1.29, 1.82) is 0 Å². The van der Waals surface area contributed by atoms with Crippen molar-refractivity contribution in [3.05, 3.63) is 24.3 Å². The highest BCUT2D eigenvalue weighted by atomic mass is 16.5. The second kappa shape index (κ2) is 6.13. The maximum atomic E-state index is 11.8. The lowest BCUT2D eigenvalue weighted by atomic mass is 9.78. The van der Waals surface area contributed by atoms with Crippen LogP contribution >= 0.6 is 0 Å². The molecule has 2 N–H and O–H groups in total. The summed E-state index contributed by atoms with van der Waals surface area (Å²) < 4.78 is 10.6. The molecule has 1 aliphatic rings. The molecule has 0 radical (unpaired) electrons. The van der Waals surface area contributed by atoms with Gasteiger partial charge in [0.05, 0.1) is 13.2 Å². The van der Waals surface area contributed by atoms with Gasteiger partial charge in [-0.1, -0.05) is 18.9 Å². The van der Waals surface area contributed by atoms with Crippen molar-refractivity contribution < 1.29 is 19.4 Å². The first-order valence-corrected chi connectivity index (χ1v) is 6.81. The summed E-state index contributed by atoms with van der Waals surface area (Å²) in [4.78, 5) is 11.8. The number of carboxylic acid groups (broad SMARTS) is 1. The van der Waals surface area contributed by atoms with Crippen LogP contribution in [-0.4, -0.2) is 36.9 Å². The summed E-state index contributed by atoms with van der Waals surface area (Å²) in [6.45, 7) is 0. The van der Waals surface area contributed by atoms with E-state index in [0.717, 1.165) is 24.9 Å². The minimum atomic E-state index is -1.07. The van der Waals surface area contributed by atoms with Crippen LogP contribution < -0.4 is 10.1 Å². The Labute approximate surface area is 118 Å². The van der Waals surface area contributed by atoms with Gasteiger partial charge in [-0.05, 0) is 25.0 Å². The molecule has 0 aliphatic heterocycles. The molecule has 5 nitrogen and oxygen atoms in total. The summed E-state index contributed by atoms with van der Waals surface area (Å²) in [6, 6.07) is 7.30. The van der Waals surface area contributed by atoms with E-state index in [1.807, 2.05) is 18.2 Å². The van der Waals surface area contributed by atoms with Crippen LogP contribution in [0.3, 0.4) is 0 Å². The summed E-state index contributed by atoms with van der Waals surface area (Å²) in [6.07, 6.45) is 2.84. The molecule has 2 rings (SSSR count). The van der Waals surface area contributed by atoms with E-state index in [-0.39, 0.29) is 6.10 Å². The molecule has 1 fully saturated rings. The van der Waals surface area contributed by atoms with Crippen molar-refractivity contribution in [3.8, 4) is 5.75 Å². The quantitative estimate of drug-likeness (QED) is 0.867. The van der Waals surface area contributed by atoms with Gasteiger partial charge < -0.3 is 19.9 Å². The Hall–Kier alpha value is -1.75. The number of hydrogen-bond donors (Lipinski definition) is 2. The largest absolute Gasteiger partial charge is 0.497 e. The number of hydrogen-bond acceptors (Lipinski definition) is 4. The monoisotopic (exact) mass is 279 g/mol. The van der Waals surface area contributed by atoms with E-state index in [9.17, 15) is 9.90 Å². The van der Waals surface area contributed by atoms with E-state index in [4.69, 9.17) is 9.47 Å². The molecule has 0 heterocycles. The molecular weight excluding hydrogens is 258 g/mol. The third-order valence-corrected chi connectivity index (χ3v) is 3.94. The molecule has 1 saturated carbocycles. The highest BCUT2D eigenvalue weighted by molar-refractivity contribution is 5.84. The number of benzene rings is 1. The number of carbonyl (C=O) groups is 1. The van der Waals surface area contributed by atoms with E-state index >= 15 is 0 Å². The zero-order valence-electron chi connectivity index (χ0n) is 11.9. The molecule has 5 heteroatoms. The molecule has 0 bridgehead atoms. The maximum Gasteiger partial charge on any atom is 0.332 e. The summed E-state index contributed by atoms with van der Waals surface area (Å²) in [5.41, 5.74) is -0.338.